The topological polar surface area (TPSA) is 18.5 Å². The van der Waals surface area contributed by atoms with Crippen LogP contribution in [0.25, 0.3) is 0 Å². The average Bonchev–Trinajstić information content (AvgIpc) is 2.80. The first-order valence-corrected chi connectivity index (χ1v) is 11.5. The second-order valence-corrected chi connectivity index (χ2v) is 7.66. The summed E-state index contributed by atoms with van der Waals surface area (Å²) in [6.45, 7) is 22.6. The SMILES string of the molecule is CC[N+](CC)(CC)CC#CCOc1cccc(OCC#CC[N+](CC)(CC)CC)c1.[I-].[I-]. The first-order valence-electron chi connectivity index (χ1n) is 11.5. The van der Waals surface area contributed by atoms with Crippen molar-refractivity contribution in [2.24, 2.45) is 0 Å². The second-order valence-electron chi connectivity index (χ2n) is 7.66. The van der Waals surface area contributed by atoms with Crippen LogP contribution in [0, 0.1) is 23.7 Å². The van der Waals surface area contributed by atoms with Gasteiger partial charge in [-0.2, -0.15) is 0 Å². The molecule has 6 heteroatoms. The third-order valence-electron chi connectivity index (χ3n) is 6.53. The van der Waals surface area contributed by atoms with Crippen molar-refractivity contribution in [1.29, 1.82) is 0 Å². The number of quaternary nitrogens is 2. The summed E-state index contributed by atoms with van der Waals surface area (Å²) in [5.41, 5.74) is 0. The normalized spacial score (nSPS) is 10.4. The number of benzene rings is 1. The maximum absolute atomic E-state index is 5.78. The van der Waals surface area contributed by atoms with E-state index < -0.39 is 0 Å². The lowest BCUT2D eigenvalue weighted by Crippen LogP contribution is -3.00. The lowest BCUT2D eigenvalue weighted by Gasteiger charge is -2.33. The van der Waals surface area contributed by atoms with E-state index in [4.69, 9.17) is 9.47 Å². The number of halogens is 2. The van der Waals surface area contributed by atoms with Crippen LogP contribution in [0.4, 0.5) is 0 Å². The third kappa shape index (κ3) is 11.4. The molecule has 0 aliphatic rings. The Bertz CT molecular complexity index is 664. The van der Waals surface area contributed by atoms with Gasteiger partial charge in [0, 0.05) is 6.07 Å². The minimum atomic E-state index is 0. The zero-order valence-corrected chi connectivity index (χ0v) is 25.2. The van der Waals surface area contributed by atoms with Gasteiger partial charge in [0.1, 0.15) is 37.8 Å². The fourth-order valence-electron chi connectivity index (χ4n) is 3.45. The molecule has 0 unspecified atom stereocenters. The molecule has 0 bridgehead atoms. The van der Waals surface area contributed by atoms with Gasteiger partial charge in [-0.15, -0.1) is 0 Å². The van der Waals surface area contributed by atoms with Gasteiger partial charge in [-0.3, -0.25) is 0 Å². The summed E-state index contributed by atoms with van der Waals surface area (Å²) in [5, 5.41) is 0. The van der Waals surface area contributed by atoms with Gasteiger partial charge in [0.15, 0.2) is 0 Å². The monoisotopic (exact) mass is 668 g/mol. The van der Waals surface area contributed by atoms with Crippen LogP contribution in [-0.4, -0.2) is 74.5 Å². The van der Waals surface area contributed by atoms with Crippen molar-refractivity contribution < 1.29 is 66.4 Å². The fraction of sp³-hybridized carbons (Fsp3) is 0.615. The molecule has 0 atom stereocenters. The van der Waals surface area contributed by atoms with Gasteiger partial charge in [-0.25, -0.2) is 0 Å². The summed E-state index contributed by atoms with van der Waals surface area (Å²) in [4.78, 5) is 0. The Labute approximate surface area is 231 Å². The molecule has 1 aromatic rings. The van der Waals surface area contributed by atoms with Crippen LogP contribution in [0.2, 0.25) is 0 Å². The highest BCUT2D eigenvalue weighted by molar-refractivity contribution is 5.33. The molecule has 4 nitrogen and oxygen atoms in total. The van der Waals surface area contributed by atoms with E-state index in [0.29, 0.717) is 13.2 Å². The van der Waals surface area contributed by atoms with E-state index in [2.05, 4.69) is 65.2 Å². The summed E-state index contributed by atoms with van der Waals surface area (Å²) < 4.78 is 13.6. The van der Waals surface area contributed by atoms with Crippen LogP contribution in [0.5, 0.6) is 11.5 Å². The number of ether oxygens (including phenoxy) is 2. The van der Waals surface area contributed by atoms with Crippen LogP contribution in [0.3, 0.4) is 0 Å². The average molecular weight is 668 g/mol. The molecule has 32 heavy (non-hydrogen) atoms. The molecule has 0 aliphatic heterocycles. The van der Waals surface area contributed by atoms with Gasteiger partial charge in [0.05, 0.1) is 39.3 Å². The highest BCUT2D eigenvalue weighted by Gasteiger charge is 2.19. The van der Waals surface area contributed by atoms with E-state index in [0.717, 1.165) is 72.8 Å². The Balaban J connectivity index is 0. The molecule has 0 aliphatic carbocycles. The molecule has 0 heterocycles. The Kier molecular flexibility index (Phi) is 19.6. The quantitative estimate of drug-likeness (QED) is 0.149. The van der Waals surface area contributed by atoms with Gasteiger partial charge in [-0.05, 0) is 65.5 Å². The van der Waals surface area contributed by atoms with E-state index in [1.54, 1.807) is 0 Å². The number of rotatable bonds is 12. The number of nitrogens with zero attached hydrogens (tertiary/aromatic N) is 2. The molecule has 182 valence electrons. The molecule has 0 amide bonds. The minimum Gasteiger partial charge on any atom is -1.00 e. The maximum atomic E-state index is 5.78. The first-order chi connectivity index (χ1) is 14.5. The molecule has 0 N–H and O–H groups in total. The van der Waals surface area contributed by atoms with Crippen LogP contribution >= 0.6 is 0 Å². The lowest BCUT2D eigenvalue weighted by molar-refractivity contribution is -0.916. The van der Waals surface area contributed by atoms with Crippen LogP contribution in [0.15, 0.2) is 24.3 Å². The van der Waals surface area contributed by atoms with E-state index in [-0.39, 0.29) is 48.0 Å². The summed E-state index contributed by atoms with van der Waals surface area (Å²) in [5.74, 6) is 14.4. The maximum Gasteiger partial charge on any atom is 0.149 e. The van der Waals surface area contributed by atoms with Crippen molar-refractivity contribution >= 4 is 0 Å². The molecule has 0 spiro atoms. The van der Waals surface area contributed by atoms with Crippen LogP contribution in [-0.2, 0) is 0 Å². The van der Waals surface area contributed by atoms with Crippen molar-refractivity contribution in [1.82, 2.24) is 0 Å². The van der Waals surface area contributed by atoms with Crippen LogP contribution in [0.1, 0.15) is 41.5 Å². The smallest absolute Gasteiger partial charge is 0.149 e. The van der Waals surface area contributed by atoms with Gasteiger partial charge in [-0.1, -0.05) is 17.9 Å². The summed E-state index contributed by atoms with van der Waals surface area (Å²) in [6.07, 6.45) is 0. The molecular weight excluding hydrogens is 626 g/mol. The molecular formula is C26H42I2N2O2. The molecule has 0 saturated carbocycles. The largest absolute Gasteiger partial charge is 1.00 e. The first kappa shape index (κ1) is 33.5. The van der Waals surface area contributed by atoms with Gasteiger partial charge in [0.25, 0.3) is 0 Å². The van der Waals surface area contributed by atoms with E-state index in [1.165, 1.54) is 0 Å². The third-order valence-corrected chi connectivity index (χ3v) is 6.53. The Hall–Kier alpha value is -0.680. The highest BCUT2D eigenvalue weighted by atomic mass is 127. The van der Waals surface area contributed by atoms with Crippen molar-refractivity contribution in [2.45, 2.75) is 41.5 Å². The van der Waals surface area contributed by atoms with Crippen molar-refractivity contribution in [2.75, 3.05) is 65.6 Å². The number of hydrogen-bond acceptors (Lipinski definition) is 2. The minimum absolute atomic E-state index is 0. The standard InChI is InChI=1S/C26H42N2O2.2HI/c1-7-27(8-2,9-3)20-13-15-22-29-25-18-17-19-26(24-25)30-23-16-14-21-28(10-4,11-5)12-6;;/h17-19,24H,7-12,20-23H2,1-6H3;2*1H/q+2;;/p-2. The molecule has 1 rings (SSSR count). The van der Waals surface area contributed by atoms with Gasteiger partial charge < -0.3 is 66.4 Å². The molecule has 0 fully saturated rings. The zero-order valence-electron chi connectivity index (χ0n) is 20.8. The Morgan fingerprint density at radius 1 is 0.594 bits per heavy atom. The fourth-order valence-corrected chi connectivity index (χ4v) is 3.45. The van der Waals surface area contributed by atoms with E-state index in [9.17, 15) is 0 Å². The zero-order chi connectivity index (χ0) is 22.3. The molecule has 0 radical (unpaired) electrons. The van der Waals surface area contributed by atoms with E-state index >= 15 is 0 Å². The second kappa shape index (κ2) is 18.7. The Morgan fingerprint density at radius 3 is 1.25 bits per heavy atom. The van der Waals surface area contributed by atoms with Crippen LogP contribution < -0.4 is 57.4 Å². The molecule has 0 saturated heterocycles. The lowest BCUT2D eigenvalue weighted by atomic mass is 10.3. The molecule has 1 aromatic carbocycles. The Morgan fingerprint density at radius 2 is 0.938 bits per heavy atom. The van der Waals surface area contributed by atoms with Crippen molar-refractivity contribution in [3.8, 4) is 35.2 Å². The van der Waals surface area contributed by atoms with Gasteiger partial charge in [0.2, 0.25) is 0 Å². The molecule has 0 aromatic heterocycles. The van der Waals surface area contributed by atoms with Gasteiger partial charge >= 0.3 is 0 Å². The van der Waals surface area contributed by atoms with Crippen molar-refractivity contribution in [3.63, 3.8) is 0 Å². The van der Waals surface area contributed by atoms with Crippen molar-refractivity contribution in [3.05, 3.63) is 24.3 Å². The van der Waals surface area contributed by atoms with E-state index in [1.807, 2.05) is 24.3 Å². The summed E-state index contributed by atoms with van der Waals surface area (Å²) in [6, 6.07) is 7.70. The summed E-state index contributed by atoms with van der Waals surface area (Å²) >= 11 is 0. The predicted octanol–water partition coefficient (Wildman–Crippen LogP) is -1.79. The number of hydrogen-bond donors (Lipinski definition) is 0. The highest BCUT2D eigenvalue weighted by Crippen LogP contribution is 2.19. The predicted molar refractivity (Wildman–Crippen MR) is 126 cm³/mol. The summed E-state index contributed by atoms with van der Waals surface area (Å²) in [7, 11) is 0.